The second kappa shape index (κ2) is 11.6. The van der Waals surface area contributed by atoms with Crippen molar-refractivity contribution in [1.29, 1.82) is 0 Å². The van der Waals surface area contributed by atoms with Gasteiger partial charge in [0.2, 0.25) is 6.79 Å². The lowest BCUT2D eigenvalue weighted by molar-refractivity contribution is 0.174. The van der Waals surface area contributed by atoms with Gasteiger partial charge in [-0.1, -0.05) is 77.2 Å². The van der Waals surface area contributed by atoms with Crippen LogP contribution >= 0.6 is 0 Å². The Morgan fingerprint density at radius 3 is 2.48 bits per heavy atom. The molecule has 2 aliphatic rings. The molecule has 3 nitrogen and oxygen atoms in total. The molecule has 3 heteroatoms. The van der Waals surface area contributed by atoms with Crippen LogP contribution in [0, 0.1) is 5.92 Å². The van der Waals surface area contributed by atoms with Crippen molar-refractivity contribution < 1.29 is 9.47 Å². The van der Waals surface area contributed by atoms with Gasteiger partial charge in [0, 0.05) is 12.6 Å². The highest BCUT2D eigenvalue weighted by atomic mass is 16.7. The predicted octanol–water partition coefficient (Wildman–Crippen LogP) is 6.59. The summed E-state index contributed by atoms with van der Waals surface area (Å²) in [7, 11) is 0. The number of hydrogen-bond donors (Lipinski definition) is 1. The van der Waals surface area contributed by atoms with E-state index in [-0.39, 0.29) is 0 Å². The summed E-state index contributed by atoms with van der Waals surface area (Å²) in [5.74, 6) is 2.65. The molecule has 27 heavy (non-hydrogen) atoms. The fourth-order valence-electron chi connectivity index (χ4n) is 4.66. The quantitative estimate of drug-likeness (QED) is 0.419. The Balaban J connectivity index is 1.44. The third kappa shape index (κ3) is 6.71. The first-order valence-electron chi connectivity index (χ1n) is 11.5. The van der Waals surface area contributed by atoms with Crippen LogP contribution in [0.5, 0.6) is 11.5 Å². The zero-order chi connectivity index (χ0) is 18.7. The smallest absolute Gasteiger partial charge is 0.231 e. The fraction of sp³-hybridized carbons (Fsp3) is 0.750. The molecule has 1 aliphatic heterocycles. The Bertz CT molecular complexity index is 539. The molecule has 1 aromatic rings. The third-order valence-corrected chi connectivity index (χ3v) is 6.34. The maximum absolute atomic E-state index is 5.53. The minimum absolute atomic E-state index is 0.356. The average Bonchev–Trinajstić information content (AvgIpc) is 3.18. The van der Waals surface area contributed by atoms with Crippen molar-refractivity contribution >= 4 is 0 Å². The molecule has 152 valence electrons. The van der Waals surface area contributed by atoms with Crippen LogP contribution in [-0.2, 0) is 6.54 Å². The van der Waals surface area contributed by atoms with Crippen molar-refractivity contribution in [2.45, 2.75) is 103 Å². The van der Waals surface area contributed by atoms with Gasteiger partial charge in [0.15, 0.2) is 11.5 Å². The molecule has 1 N–H and O–H groups in total. The number of hydrogen-bond acceptors (Lipinski definition) is 3. The SMILES string of the molecule is CCCCCCCCCC(NCc1ccc2c(c1)OCO2)C1CCCCC1. The van der Waals surface area contributed by atoms with E-state index >= 15 is 0 Å². The van der Waals surface area contributed by atoms with Crippen LogP contribution in [0.1, 0.15) is 96.0 Å². The molecule has 1 heterocycles. The van der Waals surface area contributed by atoms with Gasteiger partial charge < -0.3 is 14.8 Å². The number of ether oxygens (including phenoxy) is 2. The minimum Gasteiger partial charge on any atom is -0.454 e. The van der Waals surface area contributed by atoms with Crippen LogP contribution < -0.4 is 14.8 Å². The van der Waals surface area contributed by atoms with E-state index < -0.39 is 0 Å². The van der Waals surface area contributed by atoms with E-state index in [1.165, 1.54) is 89.0 Å². The minimum atomic E-state index is 0.356. The summed E-state index contributed by atoms with van der Waals surface area (Å²) in [6.45, 7) is 3.59. The van der Waals surface area contributed by atoms with E-state index in [1.807, 2.05) is 6.07 Å². The lowest BCUT2D eigenvalue weighted by Crippen LogP contribution is -2.37. The van der Waals surface area contributed by atoms with E-state index in [0.717, 1.165) is 24.0 Å². The first-order valence-corrected chi connectivity index (χ1v) is 11.5. The normalized spacial score (nSPS) is 18.0. The molecule has 1 atom stereocenters. The third-order valence-electron chi connectivity index (χ3n) is 6.34. The summed E-state index contributed by atoms with van der Waals surface area (Å²) < 4.78 is 11.0. The van der Waals surface area contributed by atoms with E-state index in [2.05, 4.69) is 24.4 Å². The molecule has 1 unspecified atom stereocenters. The summed E-state index contributed by atoms with van der Waals surface area (Å²) in [6, 6.07) is 7.03. The number of fused-ring (bicyclic) bond motifs is 1. The highest BCUT2D eigenvalue weighted by Crippen LogP contribution is 2.33. The monoisotopic (exact) mass is 373 g/mol. The van der Waals surface area contributed by atoms with Gasteiger partial charge >= 0.3 is 0 Å². The molecule has 1 fully saturated rings. The molecule has 0 spiro atoms. The van der Waals surface area contributed by atoms with Gasteiger partial charge in [-0.25, -0.2) is 0 Å². The van der Waals surface area contributed by atoms with Gasteiger partial charge in [-0.2, -0.15) is 0 Å². The first-order chi connectivity index (χ1) is 13.4. The zero-order valence-electron chi connectivity index (χ0n) is 17.3. The predicted molar refractivity (Wildman–Crippen MR) is 112 cm³/mol. The molecule has 0 saturated heterocycles. The number of unbranched alkanes of at least 4 members (excludes halogenated alkanes) is 6. The Labute approximate surface area is 166 Å². The second-order valence-electron chi connectivity index (χ2n) is 8.48. The Morgan fingerprint density at radius 1 is 0.926 bits per heavy atom. The van der Waals surface area contributed by atoms with Gasteiger partial charge in [-0.15, -0.1) is 0 Å². The van der Waals surface area contributed by atoms with E-state index in [9.17, 15) is 0 Å². The lowest BCUT2D eigenvalue weighted by Gasteiger charge is -2.31. The van der Waals surface area contributed by atoms with Crippen molar-refractivity contribution in [3.05, 3.63) is 23.8 Å². The molecular formula is C24H39NO2. The van der Waals surface area contributed by atoms with Crippen LogP contribution in [0.15, 0.2) is 18.2 Å². The Morgan fingerprint density at radius 2 is 1.67 bits per heavy atom. The van der Waals surface area contributed by atoms with Crippen LogP contribution in [-0.4, -0.2) is 12.8 Å². The first kappa shape index (κ1) is 20.5. The molecule has 1 aromatic carbocycles. The summed E-state index contributed by atoms with van der Waals surface area (Å²) >= 11 is 0. The molecule has 1 aliphatic carbocycles. The summed E-state index contributed by atoms with van der Waals surface area (Å²) in [5, 5.41) is 3.91. The van der Waals surface area contributed by atoms with Crippen LogP contribution in [0.3, 0.4) is 0 Å². The Hall–Kier alpha value is -1.22. The number of rotatable bonds is 12. The number of nitrogens with one attached hydrogen (secondary N) is 1. The molecular weight excluding hydrogens is 334 g/mol. The highest BCUT2D eigenvalue weighted by Gasteiger charge is 2.23. The van der Waals surface area contributed by atoms with Crippen molar-refractivity contribution in [1.82, 2.24) is 5.32 Å². The molecule has 0 aromatic heterocycles. The Kier molecular flexibility index (Phi) is 8.80. The fourth-order valence-corrected chi connectivity index (χ4v) is 4.66. The second-order valence-corrected chi connectivity index (χ2v) is 8.48. The van der Waals surface area contributed by atoms with E-state index in [4.69, 9.17) is 9.47 Å². The zero-order valence-corrected chi connectivity index (χ0v) is 17.3. The van der Waals surface area contributed by atoms with Gasteiger partial charge in [0.1, 0.15) is 0 Å². The van der Waals surface area contributed by atoms with Crippen molar-refractivity contribution in [2.24, 2.45) is 5.92 Å². The van der Waals surface area contributed by atoms with Crippen LogP contribution in [0.2, 0.25) is 0 Å². The molecule has 3 rings (SSSR count). The lowest BCUT2D eigenvalue weighted by atomic mass is 9.82. The largest absolute Gasteiger partial charge is 0.454 e. The molecule has 1 saturated carbocycles. The number of benzene rings is 1. The molecule has 0 radical (unpaired) electrons. The van der Waals surface area contributed by atoms with Crippen LogP contribution in [0.4, 0.5) is 0 Å². The topological polar surface area (TPSA) is 30.5 Å². The van der Waals surface area contributed by atoms with Crippen molar-refractivity contribution in [3.63, 3.8) is 0 Å². The standard InChI is InChI=1S/C24H39NO2/c1-2-3-4-5-6-7-11-14-22(21-12-9-8-10-13-21)25-18-20-15-16-23-24(17-20)27-19-26-23/h15-17,21-22,25H,2-14,18-19H2,1H3. The van der Waals surface area contributed by atoms with E-state index in [1.54, 1.807) is 0 Å². The molecule has 0 bridgehead atoms. The van der Waals surface area contributed by atoms with Gasteiger partial charge in [0.25, 0.3) is 0 Å². The summed E-state index contributed by atoms with van der Waals surface area (Å²) in [4.78, 5) is 0. The van der Waals surface area contributed by atoms with Crippen molar-refractivity contribution in [3.8, 4) is 11.5 Å². The van der Waals surface area contributed by atoms with Crippen molar-refractivity contribution in [2.75, 3.05) is 6.79 Å². The van der Waals surface area contributed by atoms with Crippen LogP contribution in [0.25, 0.3) is 0 Å². The average molecular weight is 374 g/mol. The van der Waals surface area contributed by atoms with E-state index in [0.29, 0.717) is 12.8 Å². The molecule has 0 amide bonds. The highest BCUT2D eigenvalue weighted by molar-refractivity contribution is 5.44. The van der Waals surface area contributed by atoms with Gasteiger partial charge in [-0.3, -0.25) is 0 Å². The maximum atomic E-state index is 5.53. The van der Waals surface area contributed by atoms with Gasteiger partial charge in [0.05, 0.1) is 0 Å². The maximum Gasteiger partial charge on any atom is 0.231 e. The summed E-state index contributed by atoms with van der Waals surface area (Å²) in [6.07, 6.45) is 18.2. The van der Waals surface area contributed by atoms with Gasteiger partial charge in [-0.05, 0) is 42.9 Å². The summed E-state index contributed by atoms with van der Waals surface area (Å²) in [5.41, 5.74) is 1.31.